The molecule has 1 saturated heterocycles. The van der Waals surface area contributed by atoms with Crippen LogP contribution in [0.1, 0.15) is 36.8 Å². The van der Waals surface area contributed by atoms with E-state index in [9.17, 15) is 9.59 Å². The molecule has 3 heterocycles. The Bertz CT molecular complexity index is 994. The molecule has 0 saturated carbocycles. The molecule has 1 unspecified atom stereocenters. The number of nitrogens with one attached hydrogen (secondary N) is 1. The second kappa shape index (κ2) is 7.36. The fourth-order valence-electron chi connectivity index (χ4n) is 3.10. The number of fused-ring (bicyclic) bond motifs is 1. The van der Waals surface area contributed by atoms with Gasteiger partial charge in [-0.3, -0.25) is 14.5 Å². The van der Waals surface area contributed by atoms with Crippen molar-refractivity contribution in [2.75, 3.05) is 11.4 Å². The Kier molecular flexibility index (Phi) is 4.92. The Morgan fingerprint density at radius 1 is 1.33 bits per heavy atom. The minimum Gasteiger partial charge on any atom is -0.352 e. The zero-order chi connectivity index (χ0) is 19.0. The van der Waals surface area contributed by atoms with E-state index in [-0.39, 0.29) is 30.1 Å². The van der Waals surface area contributed by atoms with Crippen LogP contribution in [-0.2, 0) is 16.1 Å². The Balaban J connectivity index is 1.38. The molecule has 0 radical (unpaired) electrons. The molecule has 0 aliphatic carbocycles. The second-order valence-corrected chi connectivity index (χ2v) is 8.93. The van der Waals surface area contributed by atoms with E-state index in [2.05, 4.69) is 39.1 Å². The molecule has 0 bridgehead atoms. The van der Waals surface area contributed by atoms with Crippen LogP contribution in [0.3, 0.4) is 0 Å². The van der Waals surface area contributed by atoms with Gasteiger partial charge in [-0.2, -0.15) is 0 Å². The molecule has 1 N–H and O–H groups in total. The normalized spacial score (nSPS) is 17.2. The minimum absolute atomic E-state index is 0.0682. The molecule has 1 atom stereocenters. The summed E-state index contributed by atoms with van der Waals surface area (Å²) in [6.45, 7) is 4.91. The lowest BCUT2D eigenvalue weighted by Crippen LogP contribution is -2.32. The van der Waals surface area contributed by atoms with Crippen LogP contribution in [0.5, 0.6) is 0 Å². The van der Waals surface area contributed by atoms with Gasteiger partial charge in [0.1, 0.15) is 5.01 Å². The lowest BCUT2D eigenvalue weighted by molar-refractivity contribution is -0.126. The first-order chi connectivity index (χ1) is 13.0. The summed E-state index contributed by atoms with van der Waals surface area (Å²) in [5, 5.41) is 16.0. The number of carbonyl (C=O) groups is 2. The fraction of sp³-hybridized carbons (Fsp3) is 0.368. The van der Waals surface area contributed by atoms with Crippen molar-refractivity contribution in [1.29, 1.82) is 0 Å². The third kappa shape index (κ3) is 3.72. The smallest absolute Gasteiger partial charge is 0.229 e. The van der Waals surface area contributed by atoms with Gasteiger partial charge >= 0.3 is 0 Å². The van der Waals surface area contributed by atoms with Crippen LogP contribution in [-0.4, -0.2) is 28.6 Å². The number of nitrogens with zero attached hydrogens (tertiary/aromatic N) is 3. The maximum absolute atomic E-state index is 12.5. The van der Waals surface area contributed by atoms with Crippen molar-refractivity contribution in [1.82, 2.24) is 15.5 Å². The van der Waals surface area contributed by atoms with E-state index in [1.54, 1.807) is 16.2 Å². The van der Waals surface area contributed by atoms with Gasteiger partial charge in [-0.05, 0) is 34.5 Å². The van der Waals surface area contributed by atoms with E-state index >= 15 is 0 Å². The van der Waals surface area contributed by atoms with E-state index < -0.39 is 0 Å². The van der Waals surface area contributed by atoms with Gasteiger partial charge in [0.25, 0.3) is 0 Å². The number of hydrogen-bond donors (Lipinski definition) is 1. The maximum Gasteiger partial charge on any atom is 0.229 e. The third-order valence-electron chi connectivity index (χ3n) is 4.63. The number of carbonyl (C=O) groups excluding carboxylic acids is 2. The van der Waals surface area contributed by atoms with Crippen molar-refractivity contribution in [3.63, 3.8) is 0 Å². The van der Waals surface area contributed by atoms with E-state index in [0.717, 1.165) is 10.6 Å². The molecular formula is C19H20N4O2S2. The summed E-state index contributed by atoms with van der Waals surface area (Å²) >= 11 is 3.12. The first-order valence-corrected chi connectivity index (χ1v) is 10.6. The molecule has 140 valence electrons. The van der Waals surface area contributed by atoms with E-state index in [0.29, 0.717) is 18.2 Å². The highest BCUT2D eigenvalue weighted by molar-refractivity contribution is 7.17. The molecule has 1 aliphatic heterocycles. The number of anilines is 1. The van der Waals surface area contributed by atoms with Crippen LogP contribution >= 0.6 is 22.7 Å². The molecule has 4 rings (SSSR count). The standard InChI is InChI=1S/C19H20N4O2S2/c1-11(2)18-21-22-19(27-18)23-10-14(8-16(23)24)17(25)20-9-12-3-4-15-13(7-12)5-6-26-15/h3-7,11,14H,8-10H2,1-2H3,(H,20,25). The quantitative estimate of drug-likeness (QED) is 0.711. The monoisotopic (exact) mass is 400 g/mol. The summed E-state index contributed by atoms with van der Waals surface area (Å²) in [6, 6.07) is 8.27. The van der Waals surface area contributed by atoms with Crippen LogP contribution in [0.4, 0.5) is 5.13 Å². The highest BCUT2D eigenvalue weighted by Gasteiger charge is 2.36. The number of benzene rings is 1. The molecule has 0 spiro atoms. The van der Waals surface area contributed by atoms with Crippen LogP contribution in [0.25, 0.3) is 10.1 Å². The van der Waals surface area contributed by atoms with Gasteiger partial charge in [0.05, 0.1) is 5.92 Å². The third-order valence-corrected chi connectivity index (χ3v) is 6.78. The Hall–Kier alpha value is -2.32. The molecule has 2 aromatic heterocycles. The van der Waals surface area contributed by atoms with Crippen LogP contribution in [0.15, 0.2) is 29.6 Å². The molecule has 2 amide bonds. The lowest BCUT2D eigenvalue weighted by Gasteiger charge is -2.13. The van der Waals surface area contributed by atoms with Crippen LogP contribution in [0, 0.1) is 5.92 Å². The second-order valence-electron chi connectivity index (χ2n) is 6.99. The Morgan fingerprint density at radius 3 is 2.96 bits per heavy atom. The van der Waals surface area contributed by atoms with E-state index in [4.69, 9.17) is 0 Å². The predicted octanol–water partition coefficient (Wildman–Crippen LogP) is 3.55. The summed E-state index contributed by atoms with van der Waals surface area (Å²) in [7, 11) is 0. The van der Waals surface area contributed by atoms with Crippen molar-refractivity contribution in [3.05, 3.63) is 40.2 Å². The van der Waals surface area contributed by atoms with Crippen molar-refractivity contribution >= 4 is 49.7 Å². The molecule has 1 aliphatic rings. The number of thiophene rings is 1. The number of hydrogen-bond acceptors (Lipinski definition) is 6. The highest BCUT2D eigenvalue weighted by atomic mass is 32.1. The predicted molar refractivity (Wildman–Crippen MR) is 108 cm³/mol. The Morgan fingerprint density at radius 2 is 2.19 bits per heavy atom. The average molecular weight is 401 g/mol. The summed E-state index contributed by atoms with van der Waals surface area (Å²) in [6.07, 6.45) is 0.214. The molecule has 6 nitrogen and oxygen atoms in total. The van der Waals surface area contributed by atoms with Gasteiger partial charge in [-0.1, -0.05) is 31.3 Å². The highest BCUT2D eigenvalue weighted by Crippen LogP contribution is 2.30. The molecular weight excluding hydrogens is 380 g/mol. The molecule has 1 aromatic carbocycles. The van der Waals surface area contributed by atoms with Gasteiger partial charge in [0, 0.05) is 30.1 Å². The van der Waals surface area contributed by atoms with Crippen molar-refractivity contribution in [2.24, 2.45) is 5.92 Å². The van der Waals surface area contributed by atoms with Crippen molar-refractivity contribution < 1.29 is 9.59 Å². The van der Waals surface area contributed by atoms with E-state index in [1.165, 1.54) is 21.4 Å². The summed E-state index contributed by atoms with van der Waals surface area (Å²) in [5.41, 5.74) is 1.06. The largest absolute Gasteiger partial charge is 0.352 e. The van der Waals surface area contributed by atoms with Crippen molar-refractivity contribution in [3.8, 4) is 0 Å². The average Bonchev–Trinajstić information content (AvgIpc) is 3.37. The van der Waals surface area contributed by atoms with E-state index in [1.807, 2.05) is 19.9 Å². The van der Waals surface area contributed by atoms with Crippen LogP contribution < -0.4 is 10.2 Å². The van der Waals surface area contributed by atoms with Gasteiger partial charge in [0.15, 0.2) is 0 Å². The Labute approximate surface area is 165 Å². The zero-order valence-corrected chi connectivity index (χ0v) is 16.8. The van der Waals surface area contributed by atoms with Gasteiger partial charge in [-0.15, -0.1) is 21.5 Å². The van der Waals surface area contributed by atoms with Gasteiger partial charge < -0.3 is 5.32 Å². The molecule has 27 heavy (non-hydrogen) atoms. The molecule has 8 heteroatoms. The first-order valence-electron chi connectivity index (χ1n) is 8.89. The topological polar surface area (TPSA) is 75.2 Å². The summed E-state index contributed by atoms with van der Waals surface area (Å²) < 4.78 is 1.24. The first kappa shape index (κ1) is 18.1. The number of amides is 2. The fourth-order valence-corrected chi connectivity index (χ4v) is 4.74. The van der Waals surface area contributed by atoms with Gasteiger partial charge in [-0.25, -0.2) is 0 Å². The molecule has 1 fully saturated rings. The summed E-state index contributed by atoms with van der Waals surface area (Å²) in [5.74, 6) is -0.242. The number of aromatic nitrogens is 2. The summed E-state index contributed by atoms with van der Waals surface area (Å²) in [4.78, 5) is 26.5. The van der Waals surface area contributed by atoms with Crippen LogP contribution in [0.2, 0.25) is 0 Å². The number of rotatable bonds is 5. The van der Waals surface area contributed by atoms with Crippen molar-refractivity contribution in [2.45, 2.75) is 32.7 Å². The van der Waals surface area contributed by atoms with Gasteiger partial charge in [0.2, 0.25) is 16.9 Å². The zero-order valence-electron chi connectivity index (χ0n) is 15.1. The SMILES string of the molecule is CC(C)c1nnc(N2CC(C(=O)NCc3ccc4sccc4c3)CC2=O)s1. The lowest BCUT2D eigenvalue weighted by atomic mass is 10.1. The molecule has 3 aromatic rings. The minimum atomic E-state index is -0.353. The maximum atomic E-state index is 12.5.